The van der Waals surface area contributed by atoms with E-state index in [-0.39, 0.29) is 0 Å². The fourth-order valence-corrected chi connectivity index (χ4v) is 2.58. The second-order valence-corrected chi connectivity index (χ2v) is 5.13. The number of ether oxygens (including phenoxy) is 1. The maximum atomic E-state index is 5.75. The highest BCUT2D eigenvalue weighted by Gasteiger charge is 2.08. The Labute approximate surface area is 119 Å². The number of hydrogen-bond donors (Lipinski definition) is 1. The van der Waals surface area contributed by atoms with E-state index in [0.29, 0.717) is 0 Å². The first kappa shape index (κ1) is 13.5. The van der Waals surface area contributed by atoms with Crippen molar-refractivity contribution in [1.82, 2.24) is 19.8 Å². The first-order valence-corrected chi connectivity index (χ1v) is 7.34. The molecule has 0 aliphatic carbocycles. The van der Waals surface area contributed by atoms with Crippen molar-refractivity contribution in [3.05, 3.63) is 30.6 Å². The highest BCUT2D eigenvalue weighted by Crippen LogP contribution is 2.11. The molecule has 5 heteroatoms. The molecule has 2 aromatic rings. The molecule has 108 valence electrons. The molecule has 20 heavy (non-hydrogen) atoms. The van der Waals surface area contributed by atoms with Crippen LogP contribution in [0.25, 0.3) is 11.0 Å². The van der Waals surface area contributed by atoms with Crippen LogP contribution >= 0.6 is 0 Å². The van der Waals surface area contributed by atoms with E-state index in [1.54, 1.807) is 0 Å². The van der Waals surface area contributed by atoms with Crippen LogP contribution in [0.15, 0.2) is 30.6 Å². The van der Waals surface area contributed by atoms with Gasteiger partial charge in [-0.25, -0.2) is 4.98 Å². The molecule has 1 aliphatic rings. The number of aromatic nitrogens is 2. The number of nitrogens with zero attached hydrogens (tertiary/aromatic N) is 3. The number of imidazole rings is 1. The third-order valence-electron chi connectivity index (χ3n) is 3.77. The first-order valence-electron chi connectivity index (χ1n) is 7.34. The van der Waals surface area contributed by atoms with Crippen LogP contribution in [0.3, 0.4) is 0 Å². The van der Waals surface area contributed by atoms with Gasteiger partial charge >= 0.3 is 0 Å². The van der Waals surface area contributed by atoms with Gasteiger partial charge in [-0.15, -0.1) is 0 Å². The number of para-hydroxylation sites is 2. The number of fused-ring (bicyclic) bond motifs is 1. The van der Waals surface area contributed by atoms with Crippen molar-refractivity contribution in [2.45, 2.75) is 6.54 Å². The minimum absolute atomic E-state index is 0.743. The molecule has 1 aliphatic heterocycles. The minimum Gasteiger partial charge on any atom is -0.378 e. The largest absolute Gasteiger partial charge is 0.378 e. The predicted molar refractivity (Wildman–Crippen MR) is 79.9 cm³/mol. The van der Waals surface area contributed by atoms with Gasteiger partial charge in [0.05, 0.1) is 30.6 Å². The monoisotopic (exact) mass is 274 g/mol. The van der Waals surface area contributed by atoms with E-state index < -0.39 is 0 Å². The molecular formula is C15H22N4O. The number of benzene rings is 1. The molecule has 1 aromatic heterocycles. The van der Waals surface area contributed by atoms with Gasteiger partial charge in [-0.2, -0.15) is 0 Å². The van der Waals surface area contributed by atoms with Crippen molar-refractivity contribution < 1.29 is 4.74 Å². The summed E-state index contributed by atoms with van der Waals surface area (Å²) in [6, 6.07) is 8.20. The van der Waals surface area contributed by atoms with Crippen molar-refractivity contribution in [3.63, 3.8) is 0 Å². The third kappa shape index (κ3) is 3.36. The molecule has 0 atom stereocenters. The highest BCUT2D eigenvalue weighted by atomic mass is 16.5. The zero-order valence-electron chi connectivity index (χ0n) is 11.8. The molecule has 1 saturated heterocycles. The molecule has 3 rings (SSSR count). The lowest BCUT2D eigenvalue weighted by Gasteiger charge is -2.26. The van der Waals surface area contributed by atoms with Gasteiger partial charge in [0.15, 0.2) is 0 Å². The van der Waals surface area contributed by atoms with E-state index in [4.69, 9.17) is 4.74 Å². The fraction of sp³-hybridized carbons (Fsp3) is 0.533. The van der Waals surface area contributed by atoms with Crippen LogP contribution in [-0.4, -0.2) is 60.4 Å². The van der Waals surface area contributed by atoms with Crippen LogP contribution in [0, 0.1) is 0 Å². The second kappa shape index (κ2) is 6.83. The van der Waals surface area contributed by atoms with E-state index in [9.17, 15) is 0 Å². The highest BCUT2D eigenvalue weighted by molar-refractivity contribution is 5.74. The Morgan fingerprint density at radius 2 is 1.90 bits per heavy atom. The molecule has 0 radical (unpaired) electrons. The van der Waals surface area contributed by atoms with E-state index in [0.717, 1.165) is 58.0 Å². The average Bonchev–Trinajstić information content (AvgIpc) is 2.91. The van der Waals surface area contributed by atoms with E-state index in [2.05, 4.69) is 25.8 Å². The normalized spacial score (nSPS) is 16.8. The molecule has 0 unspecified atom stereocenters. The fourth-order valence-electron chi connectivity index (χ4n) is 2.58. The summed E-state index contributed by atoms with van der Waals surface area (Å²) in [7, 11) is 0. The topological polar surface area (TPSA) is 42.3 Å². The lowest BCUT2D eigenvalue weighted by atomic mass is 10.3. The number of nitrogens with one attached hydrogen (secondary N) is 1. The molecule has 1 aromatic carbocycles. The van der Waals surface area contributed by atoms with Crippen LogP contribution in [0.2, 0.25) is 0 Å². The Morgan fingerprint density at radius 3 is 2.80 bits per heavy atom. The predicted octanol–water partition coefficient (Wildman–Crippen LogP) is 0.958. The molecule has 0 saturated carbocycles. The average molecular weight is 274 g/mol. The SMILES string of the molecule is c1ccc2c(c1)ncn2CCOCCN1CCNCC1. The Balaban J connectivity index is 1.39. The molecule has 0 amide bonds. The van der Waals surface area contributed by atoms with Crippen LogP contribution in [0.4, 0.5) is 0 Å². The van der Waals surface area contributed by atoms with Gasteiger partial charge in [0.25, 0.3) is 0 Å². The summed E-state index contributed by atoms with van der Waals surface area (Å²) in [4.78, 5) is 6.83. The standard InChI is InChI=1S/C15H22N4O/c1-2-4-15-14(3-1)17-13-19(15)10-12-20-11-9-18-7-5-16-6-8-18/h1-4,13,16H,5-12H2. The van der Waals surface area contributed by atoms with Gasteiger partial charge in [-0.05, 0) is 12.1 Å². The Hall–Kier alpha value is -1.43. The Kier molecular flexibility index (Phi) is 4.63. The Bertz CT molecular complexity index is 533. The zero-order valence-corrected chi connectivity index (χ0v) is 11.8. The smallest absolute Gasteiger partial charge is 0.0959 e. The van der Waals surface area contributed by atoms with Crippen LogP contribution < -0.4 is 5.32 Å². The van der Waals surface area contributed by atoms with Gasteiger partial charge in [0.1, 0.15) is 0 Å². The van der Waals surface area contributed by atoms with Crippen molar-refractivity contribution in [2.24, 2.45) is 0 Å². The lowest BCUT2D eigenvalue weighted by Crippen LogP contribution is -2.44. The number of hydrogen-bond acceptors (Lipinski definition) is 4. The molecule has 1 fully saturated rings. The third-order valence-corrected chi connectivity index (χ3v) is 3.77. The summed E-state index contributed by atoms with van der Waals surface area (Å²) in [5, 5.41) is 3.36. The summed E-state index contributed by atoms with van der Waals surface area (Å²) in [5.41, 5.74) is 2.23. The summed E-state index contributed by atoms with van der Waals surface area (Å²) in [6.45, 7) is 7.92. The van der Waals surface area contributed by atoms with Crippen LogP contribution in [0.1, 0.15) is 0 Å². The lowest BCUT2D eigenvalue weighted by molar-refractivity contribution is 0.0942. The van der Waals surface area contributed by atoms with Crippen LogP contribution in [0.5, 0.6) is 0 Å². The maximum Gasteiger partial charge on any atom is 0.0959 e. The van der Waals surface area contributed by atoms with Crippen molar-refractivity contribution in [1.29, 1.82) is 0 Å². The molecule has 0 bridgehead atoms. The number of rotatable bonds is 6. The molecule has 2 heterocycles. The van der Waals surface area contributed by atoms with Gasteiger partial charge in [0.2, 0.25) is 0 Å². The van der Waals surface area contributed by atoms with Crippen molar-refractivity contribution in [3.8, 4) is 0 Å². The first-order chi connectivity index (χ1) is 9.93. The van der Waals surface area contributed by atoms with Crippen molar-refractivity contribution in [2.75, 3.05) is 45.9 Å². The Morgan fingerprint density at radius 1 is 1.10 bits per heavy atom. The summed E-state index contributed by atoms with van der Waals surface area (Å²) < 4.78 is 7.90. The zero-order chi connectivity index (χ0) is 13.6. The number of piperazine rings is 1. The quantitative estimate of drug-likeness (QED) is 0.797. The van der Waals surface area contributed by atoms with Gasteiger partial charge < -0.3 is 14.6 Å². The van der Waals surface area contributed by atoms with E-state index in [1.807, 2.05) is 24.5 Å². The maximum absolute atomic E-state index is 5.75. The van der Waals surface area contributed by atoms with Crippen molar-refractivity contribution >= 4 is 11.0 Å². The minimum atomic E-state index is 0.743. The van der Waals surface area contributed by atoms with E-state index in [1.165, 1.54) is 5.52 Å². The summed E-state index contributed by atoms with van der Waals surface area (Å²) in [5.74, 6) is 0. The van der Waals surface area contributed by atoms with Crippen LogP contribution in [-0.2, 0) is 11.3 Å². The van der Waals surface area contributed by atoms with E-state index >= 15 is 0 Å². The summed E-state index contributed by atoms with van der Waals surface area (Å²) >= 11 is 0. The van der Waals surface area contributed by atoms with Gasteiger partial charge in [-0.1, -0.05) is 12.1 Å². The summed E-state index contributed by atoms with van der Waals surface area (Å²) in [6.07, 6.45) is 1.89. The van der Waals surface area contributed by atoms with Gasteiger partial charge in [-0.3, -0.25) is 4.90 Å². The second-order valence-electron chi connectivity index (χ2n) is 5.13. The molecular weight excluding hydrogens is 252 g/mol. The molecule has 5 nitrogen and oxygen atoms in total. The van der Waals surface area contributed by atoms with Gasteiger partial charge in [0, 0.05) is 39.3 Å². The molecule has 0 spiro atoms. The molecule has 1 N–H and O–H groups in total.